The maximum Gasteiger partial charge on any atom is 1.00 e. The molecule has 0 bridgehead atoms. The molecule has 2 atom stereocenters. The van der Waals surface area contributed by atoms with Gasteiger partial charge in [-0.1, -0.05) is 104 Å². The third kappa shape index (κ3) is 17.6. The molecule has 0 aliphatic heterocycles. The zero-order chi connectivity index (χ0) is 19.0. The minimum Gasteiger partial charge on any atom is -0.748 e. The van der Waals surface area contributed by atoms with Crippen LogP contribution in [0.2, 0.25) is 0 Å². The van der Waals surface area contributed by atoms with Crippen LogP contribution in [0.5, 0.6) is 0 Å². The van der Waals surface area contributed by atoms with Gasteiger partial charge in [0.1, 0.15) is 10.1 Å². The second-order valence-corrected chi connectivity index (χ2v) is 9.01. The quantitative estimate of drug-likeness (QED) is 0.212. The molecule has 2 unspecified atom stereocenters. The van der Waals surface area contributed by atoms with Gasteiger partial charge in [0.05, 0.1) is 11.4 Å². The Labute approximate surface area is 205 Å². The third-order valence-corrected chi connectivity index (χ3v) is 6.29. The number of rotatable bonds is 18. The summed E-state index contributed by atoms with van der Waals surface area (Å²) in [4.78, 5) is 0. The van der Waals surface area contributed by atoms with Crippen molar-refractivity contribution in [3.05, 3.63) is 0 Å². The van der Waals surface area contributed by atoms with Gasteiger partial charge in [-0.3, -0.25) is 0 Å². The summed E-state index contributed by atoms with van der Waals surface area (Å²) in [6.45, 7) is 4.19. The van der Waals surface area contributed by atoms with E-state index in [1.807, 2.05) is 6.92 Å². The van der Waals surface area contributed by atoms with Gasteiger partial charge in [-0.15, -0.1) is 0 Å². The molecule has 0 saturated carbocycles. The second kappa shape index (κ2) is 19.8. The average molecular weight is 417 g/mol. The molecule has 0 aliphatic rings. The number of aliphatic hydroxyl groups excluding tert-OH is 1. The van der Waals surface area contributed by atoms with E-state index in [1.54, 1.807) is 0 Å². The molecule has 0 spiro atoms. The van der Waals surface area contributed by atoms with Crippen molar-refractivity contribution >= 4 is 10.1 Å². The summed E-state index contributed by atoms with van der Waals surface area (Å²) in [5.41, 5.74) is 0. The summed E-state index contributed by atoms with van der Waals surface area (Å²) in [5, 5.41) is 8.93. The van der Waals surface area contributed by atoms with Gasteiger partial charge in [-0.2, -0.15) is 0 Å². The van der Waals surface area contributed by atoms with Gasteiger partial charge in [0, 0.05) is 0 Å². The maximum absolute atomic E-state index is 11.3. The first-order valence-electron chi connectivity index (χ1n) is 10.6. The van der Waals surface area contributed by atoms with Crippen molar-refractivity contribution in [3.8, 4) is 0 Å². The van der Waals surface area contributed by atoms with E-state index < -0.39 is 21.5 Å². The Balaban J connectivity index is 0. The molecule has 6 heteroatoms. The third-order valence-electron chi connectivity index (χ3n) is 5.00. The molecule has 0 heterocycles. The normalized spacial score (nSPS) is 14.0. The van der Waals surface area contributed by atoms with E-state index >= 15 is 0 Å². The van der Waals surface area contributed by atoms with Crippen LogP contribution in [0.3, 0.4) is 0 Å². The Morgan fingerprint density at radius 2 is 1.08 bits per heavy atom. The Kier molecular flexibility index (Phi) is 22.6. The van der Waals surface area contributed by atoms with Crippen molar-refractivity contribution < 1.29 is 69.5 Å². The molecule has 4 nitrogen and oxygen atoms in total. The molecule has 0 fully saturated rings. The monoisotopic (exact) mass is 416 g/mol. The van der Waals surface area contributed by atoms with Gasteiger partial charge in [0.15, 0.2) is 0 Å². The first-order chi connectivity index (χ1) is 11.9. The molecular weight excluding hydrogens is 375 g/mol. The van der Waals surface area contributed by atoms with Crippen molar-refractivity contribution in [1.82, 2.24) is 0 Å². The second-order valence-electron chi connectivity index (χ2n) is 7.42. The van der Waals surface area contributed by atoms with Gasteiger partial charge in [0.2, 0.25) is 0 Å². The molecule has 0 aromatic carbocycles. The standard InChI is InChI=1S/C20H42O4S.K/c1-3-5-7-8-9-10-11-12-13-14-15-16-17-19(21)20(18-6-4-2)25(22,23)24;/h19-21H,3-18H2,1-2H3,(H,22,23,24);/q;+1/p-1. The van der Waals surface area contributed by atoms with Crippen molar-refractivity contribution in [1.29, 1.82) is 0 Å². The number of hydrogen-bond acceptors (Lipinski definition) is 4. The first-order valence-corrected chi connectivity index (χ1v) is 12.0. The van der Waals surface area contributed by atoms with Crippen molar-refractivity contribution in [2.75, 3.05) is 0 Å². The van der Waals surface area contributed by atoms with E-state index in [2.05, 4.69) is 6.92 Å². The van der Waals surface area contributed by atoms with Crippen molar-refractivity contribution in [2.45, 2.75) is 128 Å². The van der Waals surface area contributed by atoms with Gasteiger partial charge >= 0.3 is 51.4 Å². The van der Waals surface area contributed by atoms with E-state index in [-0.39, 0.29) is 57.8 Å². The summed E-state index contributed by atoms with van der Waals surface area (Å²) in [6, 6.07) is 0. The van der Waals surface area contributed by atoms with Gasteiger partial charge < -0.3 is 9.66 Å². The van der Waals surface area contributed by atoms with Crippen LogP contribution in [0.15, 0.2) is 0 Å². The summed E-state index contributed by atoms with van der Waals surface area (Å²) in [7, 11) is -4.40. The molecule has 0 aromatic rings. The van der Waals surface area contributed by atoms with Crippen LogP contribution in [0, 0.1) is 0 Å². The molecule has 0 aliphatic carbocycles. The zero-order valence-electron chi connectivity index (χ0n) is 17.5. The topological polar surface area (TPSA) is 77.4 Å². The molecule has 0 rings (SSSR count). The van der Waals surface area contributed by atoms with Crippen molar-refractivity contribution in [2.24, 2.45) is 0 Å². The number of aliphatic hydroxyl groups is 1. The average Bonchev–Trinajstić information content (AvgIpc) is 2.55. The SMILES string of the molecule is CCCCCCCCCCCCCCC(O)C(CCCC)S(=O)(=O)[O-].[K+]. The molecule has 0 saturated heterocycles. The Bertz CT molecular complexity index is 387. The van der Waals surface area contributed by atoms with Crippen molar-refractivity contribution in [3.63, 3.8) is 0 Å². The summed E-state index contributed by atoms with van der Waals surface area (Å²) < 4.78 is 33.8. The minimum atomic E-state index is -4.40. The number of hydrogen-bond donors (Lipinski definition) is 1. The van der Waals surface area contributed by atoms with Crippen LogP contribution in [0.4, 0.5) is 0 Å². The predicted molar refractivity (Wildman–Crippen MR) is 105 cm³/mol. The predicted octanol–water partition coefficient (Wildman–Crippen LogP) is 2.55. The Hall–Kier alpha value is 1.51. The maximum atomic E-state index is 11.3. The molecule has 0 radical (unpaired) electrons. The fraction of sp³-hybridized carbons (Fsp3) is 1.00. The summed E-state index contributed by atoms with van der Waals surface area (Å²) in [5.74, 6) is 0. The molecular formula is C20H41KO4S. The van der Waals surface area contributed by atoms with Crippen LogP contribution in [-0.4, -0.2) is 29.4 Å². The van der Waals surface area contributed by atoms with E-state index in [1.165, 1.54) is 57.8 Å². The fourth-order valence-corrected chi connectivity index (χ4v) is 4.29. The smallest absolute Gasteiger partial charge is 0.748 e. The van der Waals surface area contributed by atoms with Gasteiger partial charge in [0.25, 0.3) is 0 Å². The minimum absolute atomic E-state index is 0. The number of unbranched alkanes of at least 4 members (excludes halogenated alkanes) is 12. The Morgan fingerprint density at radius 1 is 0.692 bits per heavy atom. The molecule has 152 valence electrons. The molecule has 0 aromatic heterocycles. The fourth-order valence-electron chi connectivity index (χ4n) is 3.31. The first kappa shape index (κ1) is 29.7. The largest absolute Gasteiger partial charge is 1.00 e. The van der Waals surface area contributed by atoms with E-state index in [0.717, 1.165) is 25.7 Å². The van der Waals surface area contributed by atoms with Crippen LogP contribution < -0.4 is 51.4 Å². The zero-order valence-corrected chi connectivity index (χ0v) is 21.5. The molecule has 1 N–H and O–H groups in total. The van der Waals surface area contributed by atoms with Gasteiger partial charge in [-0.25, -0.2) is 8.42 Å². The summed E-state index contributed by atoms with van der Waals surface area (Å²) >= 11 is 0. The molecule has 0 amide bonds. The van der Waals surface area contributed by atoms with Crippen LogP contribution in [0.25, 0.3) is 0 Å². The van der Waals surface area contributed by atoms with Crippen LogP contribution in [0.1, 0.15) is 117 Å². The van der Waals surface area contributed by atoms with E-state index in [0.29, 0.717) is 12.8 Å². The summed E-state index contributed by atoms with van der Waals surface area (Å²) in [6.07, 6.45) is 16.0. The van der Waals surface area contributed by atoms with E-state index in [4.69, 9.17) is 0 Å². The van der Waals surface area contributed by atoms with Crippen LogP contribution in [-0.2, 0) is 10.1 Å². The molecule has 26 heavy (non-hydrogen) atoms. The Morgan fingerprint density at radius 3 is 1.46 bits per heavy atom. The van der Waals surface area contributed by atoms with Crippen LogP contribution >= 0.6 is 0 Å². The van der Waals surface area contributed by atoms with E-state index in [9.17, 15) is 18.1 Å². The van der Waals surface area contributed by atoms with Gasteiger partial charge in [-0.05, 0) is 12.8 Å².